The van der Waals surface area contributed by atoms with Crippen molar-refractivity contribution >= 4 is 22.9 Å². The monoisotopic (exact) mass is 517 g/mol. The van der Waals surface area contributed by atoms with Gasteiger partial charge in [-0.2, -0.15) is 13.2 Å². The van der Waals surface area contributed by atoms with E-state index in [1.807, 2.05) is 13.8 Å². The minimum atomic E-state index is -4.88. The summed E-state index contributed by atoms with van der Waals surface area (Å²) in [6.07, 6.45) is -2.85. The lowest BCUT2D eigenvalue weighted by atomic mass is 10.00. The fourth-order valence-corrected chi connectivity index (χ4v) is 3.29. The van der Waals surface area contributed by atoms with E-state index >= 15 is 0 Å². The predicted octanol–water partition coefficient (Wildman–Crippen LogP) is 6.97. The summed E-state index contributed by atoms with van der Waals surface area (Å²) in [5, 5.41) is 2.49. The number of halogens is 5. The number of rotatable bonds is 7. The van der Waals surface area contributed by atoms with Crippen LogP contribution in [0.15, 0.2) is 83.8 Å². The van der Waals surface area contributed by atoms with Crippen LogP contribution in [0.5, 0.6) is 0 Å². The first-order valence-electron chi connectivity index (χ1n) is 11.3. The lowest BCUT2D eigenvalue weighted by Crippen LogP contribution is -2.27. The number of aromatic nitrogens is 1. The van der Waals surface area contributed by atoms with Crippen LogP contribution >= 0.6 is 0 Å². The Morgan fingerprint density at radius 1 is 1.08 bits per heavy atom. The number of nitrogen functional groups attached to an aromatic ring is 1. The number of benzene rings is 2. The van der Waals surface area contributed by atoms with Gasteiger partial charge in [-0.25, -0.2) is 18.8 Å². The second-order valence-electron chi connectivity index (χ2n) is 7.55. The Balaban J connectivity index is 0.00000235. The van der Waals surface area contributed by atoms with Gasteiger partial charge >= 0.3 is 6.18 Å². The first-order valence-corrected chi connectivity index (χ1v) is 11.3. The summed E-state index contributed by atoms with van der Waals surface area (Å²) >= 11 is 0. The molecule has 0 aliphatic carbocycles. The van der Waals surface area contributed by atoms with E-state index in [4.69, 9.17) is 11.5 Å². The Morgan fingerprint density at radius 3 is 2.22 bits per heavy atom. The van der Waals surface area contributed by atoms with Crippen molar-refractivity contribution in [3.63, 3.8) is 0 Å². The zero-order chi connectivity index (χ0) is 27.8. The highest BCUT2D eigenvalue weighted by Gasteiger charge is 2.39. The lowest BCUT2D eigenvalue weighted by molar-refractivity contribution is -0.0581. The molecule has 0 bridgehead atoms. The van der Waals surface area contributed by atoms with Crippen LogP contribution < -0.4 is 16.8 Å². The highest BCUT2D eigenvalue weighted by atomic mass is 19.4. The van der Waals surface area contributed by atoms with Gasteiger partial charge in [0.15, 0.2) is 5.71 Å². The van der Waals surface area contributed by atoms with Crippen LogP contribution in [0.3, 0.4) is 0 Å². The van der Waals surface area contributed by atoms with Crippen LogP contribution in [0.1, 0.15) is 30.5 Å². The molecule has 0 aliphatic rings. The van der Waals surface area contributed by atoms with E-state index in [1.54, 1.807) is 19.1 Å². The van der Waals surface area contributed by atoms with Crippen molar-refractivity contribution in [2.45, 2.75) is 33.4 Å². The van der Waals surface area contributed by atoms with Crippen molar-refractivity contribution in [2.75, 3.05) is 11.1 Å². The molecule has 2 aromatic carbocycles. The maximum absolute atomic E-state index is 14.8. The van der Waals surface area contributed by atoms with Gasteiger partial charge in [-0.3, -0.25) is 0 Å². The summed E-state index contributed by atoms with van der Waals surface area (Å²) in [5.74, 6) is -1.55. The third kappa shape index (κ3) is 7.39. The largest absolute Gasteiger partial charge is 0.434 e. The highest BCUT2D eigenvalue weighted by Crippen LogP contribution is 2.30. The Hall–Kier alpha value is -4.21. The van der Waals surface area contributed by atoms with Crippen LogP contribution in [0, 0.1) is 18.6 Å². The van der Waals surface area contributed by atoms with E-state index in [2.05, 4.69) is 21.9 Å². The van der Waals surface area contributed by atoms with Crippen molar-refractivity contribution < 1.29 is 22.0 Å². The zero-order valence-electron chi connectivity index (χ0n) is 20.6. The van der Waals surface area contributed by atoms with Gasteiger partial charge < -0.3 is 16.8 Å². The Morgan fingerprint density at radius 2 is 1.68 bits per heavy atom. The van der Waals surface area contributed by atoms with E-state index in [0.29, 0.717) is 17.3 Å². The van der Waals surface area contributed by atoms with E-state index in [1.165, 1.54) is 30.5 Å². The molecule has 37 heavy (non-hydrogen) atoms. The molecule has 0 spiro atoms. The molecule has 0 amide bonds. The summed E-state index contributed by atoms with van der Waals surface area (Å²) in [4.78, 5) is 7.57. The standard InChI is InChI=1S/C25H22F5N5.C2H6/c1-14-16(8-9-33-24(14)32)10-19-21(26)11-18(12-22(19)27)34-15(2)20(13-31)23(25(28,29)30)35-17-6-4-3-5-7-17;1-2/h3-9,11-13,34H,2,10,31H2,1H3,(H2,32,33);1-2H3/b20-13-,35-23?;. The molecule has 0 saturated heterocycles. The van der Waals surface area contributed by atoms with Crippen LogP contribution in [-0.2, 0) is 6.42 Å². The normalized spacial score (nSPS) is 12.0. The first-order chi connectivity index (χ1) is 17.5. The van der Waals surface area contributed by atoms with Gasteiger partial charge in [0.1, 0.15) is 17.5 Å². The van der Waals surface area contributed by atoms with Gasteiger partial charge in [0.25, 0.3) is 0 Å². The Bertz CT molecular complexity index is 1280. The van der Waals surface area contributed by atoms with Gasteiger partial charge in [-0.15, -0.1) is 0 Å². The molecular weight excluding hydrogens is 489 g/mol. The molecule has 0 unspecified atom stereocenters. The SMILES string of the molecule is C=C(Nc1cc(F)c(Cc2ccnc(N)c2C)c(F)c1)/C(=C/N)C(=Nc1ccccc1)C(F)(F)F.CC. The van der Waals surface area contributed by atoms with Crippen LogP contribution in [-0.4, -0.2) is 16.9 Å². The average Bonchev–Trinajstić information content (AvgIpc) is 2.85. The van der Waals surface area contributed by atoms with Crippen LogP contribution in [0.2, 0.25) is 0 Å². The second kappa shape index (κ2) is 12.7. The summed E-state index contributed by atoms with van der Waals surface area (Å²) in [6, 6.07) is 11.0. The molecule has 1 aromatic heterocycles. The minimum Gasteiger partial charge on any atom is -0.404 e. The number of alkyl halides is 3. The van der Waals surface area contributed by atoms with Gasteiger partial charge in [0.2, 0.25) is 0 Å². The number of anilines is 2. The maximum Gasteiger partial charge on any atom is 0.434 e. The topological polar surface area (TPSA) is 89.3 Å². The zero-order valence-corrected chi connectivity index (χ0v) is 20.6. The number of hydrogen-bond acceptors (Lipinski definition) is 5. The highest BCUT2D eigenvalue weighted by molar-refractivity contribution is 6.09. The molecule has 3 rings (SSSR count). The van der Waals surface area contributed by atoms with E-state index < -0.39 is 29.1 Å². The summed E-state index contributed by atoms with van der Waals surface area (Å²) < 4.78 is 70.9. The second-order valence-corrected chi connectivity index (χ2v) is 7.55. The van der Waals surface area contributed by atoms with Crippen LogP contribution in [0.25, 0.3) is 0 Å². The minimum absolute atomic E-state index is 0.0421. The number of allylic oxidation sites excluding steroid dienone is 1. The number of nitrogens with zero attached hydrogens (tertiary/aromatic N) is 2. The van der Waals surface area contributed by atoms with Gasteiger partial charge in [-0.05, 0) is 48.4 Å². The molecule has 0 fully saturated rings. The molecule has 0 saturated carbocycles. The van der Waals surface area contributed by atoms with Crippen molar-refractivity contribution in [3.05, 3.63) is 107 Å². The maximum atomic E-state index is 14.8. The molecule has 196 valence electrons. The Labute approximate surface area is 212 Å². The molecular formula is C27H28F5N5. The average molecular weight is 518 g/mol. The quantitative estimate of drug-likeness (QED) is 0.179. The molecule has 5 N–H and O–H groups in total. The molecule has 0 radical (unpaired) electrons. The number of aliphatic imine (C=N–C) groups is 1. The number of pyridine rings is 1. The van der Waals surface area contributed by atoms with E-state index in [9.17, 15) is 22.0 Å². The summed E-state index contributed by atoms with van der Waals surface area (Å²) in [7, 11) is 0. The Kier molecular flexibility index (Phi) is 9.93. The fourth-order valence-electron chi connectivity index (χ4n) is 3.29. The van der Waals surface area contributed by atoms with Crippen LogP contribution in [0.4, 0.5) is 39.1 Å². The van der Waals surface area contributed by atoms with Gasteiger partial charge in [0, 0.05) is 41.3 Å². The van der Waals surface area contributed by atoms with Crippen molar-refractivity contribution in [3.8, 4) is 0 Å². The van der Waals surface area contributed by atoms with Crippen molar-refractivity contribution in [1.29, 1.82) is 0 Å². The molecule has 0 aliphatic heterocycles. The van der Waals surface area contributed by atoms with Crippen molar-refractivity contribution in [2.24, 2.45) is 10.7 Å². The summed E-state index contributed by atoms with van der Waals surface area (Å²) in [5.41, 5.74) is 9.82. The molecule has 10 heteroatoms. The third-order valence-corrected chi connectivity index (χ3v) is 5.17. The first kappa shape index (κ1) is 29.0. The predicted molar refractivity (Wildman–Crippen MR) is 139 cm³/mol. The number of para-hydroxylation sites is 1. The smallest absolute Gasteiger partial charge is 0.404 e. The van der Waals surface area contributed by atoms with E-state index in [-0.39, 0.29) is 34.9 Å². The van der Waals surface area contributed by atoms with Gasteiger partial charge in [0.05, 0.1) is 5.69 Å². The van der Waals surface area contributed by atoms with E-state index in [0.717, 1.165) is 12.1 Å². The molecule has 3 aromatic rings. The molecule has 5 nitrogen and oxygen atoms in total. The third-order valence-electron chi connectivity index (χ3n) is 5.17. The number of nitrogens with two attached hydrogens (primary N) is 2. The summed E-state index contributed by atoms with van der Waals surface area (Å²) in [6.45, 7) is 9.25. The number of nitrogens with one attached hydrogen (secondary N) is 1. The lowest BCUT2D eigenvalue weighted by Gasteiger charge is -2.18. The fraction of sp³-hybridized carbons (Fsp3) is 0.185. The van der Waals surface area contributed by atoms with Gasteiger partial charge in [-0.1, -0.05) is 38.6 Å². The van der Waals surface area contributed by atoms with Crippen molar-refractivity contribution in [1.82, 2.24) is 4.98 Å². The molecule has 0 atom stereocenters. The number of hydrogen-bond donors (Lipinski definition) is 3. The molecule has 1 heterocycles.